The second-order valence-corrected chi connectivity index (χ2v) is 3.50. The van der Waals surface area contributed by atoms with Gasteiger partial charge in [0.1, 0.15) is 5.75 Å². The molecule has 0 heterocycles. The summed E-state index contributed by atoms with van der Waals surface area (Å²) >= 11 is 2.98. The molecule has 5 heteroatoms. The van der Waals surface area contributed by atoms with Crippen molar-refractivity contribution in [3.8, 4) is 5.75 Å². The van der Waals surface area contributed by atoms with Crippen molar-refractivity contribution in [1.29, 1.82) is 0 Å². The van der Waals surface area contributed by atoms with E-state index in [0.717, 1.165) is 5.56 Å². The van der Waals surface area contributed by atoms with E-state index in [9.17, 15) is 13.6 Å². The lowest BCUT2D eigenvalue weighted by atomic mass is 10.1. The molecule has 2 nitrogen and oxygen atoms in total. The molecule has 0 atom stereocenters. The van der Waals surface area contributed by atoms with Crippen LogP contribution in [-0.2, 0) is 0 Å². The van der Waals surface area contributed by atoms with Crippen molar-refractivity contribution in [1.82, 2.24) is 0 Å². The number of ether oxygens (including phenoxy) is 1. The number of hydrogen-bond acceptors (Lipinski definition) is 2. The van der Waals surface area contributed by atoms with Gasteiger partial charge in [0.2, 0.25) is 0 Å². The van der Waals surface area contributed by atoms with Gasteiger partial charge in [-0.3, -0.25) is 4.79 Å². The second-order valence-electron chi connectivity index (χ2n) is 2.93. The summed E-state index contributed by atoms with van der Waals surface area (Å²) in [5.74, 6) is -0.366. The van der Waals surface area contributed by atoms with Crippen LogP contribution in [0.5, 0.6) is 5.75 Å². The van der Waals surface area contributed by atoms with Gasteiger partial charge in [0.05, 0.1) is 10.9 Å². The first-order valence-corrected chi connectivity index (χ1v) is 5.31. The summed E-state index contributed by atoms with van der Waals surface area (Å²) in [6.45, 7) is -1.15. The first-order chi connectivity index (χ1) is 7.04. The third kappa shape index (κ3) is 3.27. The Kier molecular flexibility index (Phi) is 4.20. The second kappa shape index (κ2) is 5.21. The Morgan fingerprint density at radius 2 is 2.20 bits per heavy atom. The highest BCUT2D eigenvalue weighted by Gasteiger charge is 2.14. The molecule has 0 saturated heterocycles. The minimum atomic E-state index is -2.92. The molecule has 0 fully saturated rings. The number of aryl methyl sites for hydroxylation is 1. The summed E-state index contributed by atoms with van der Waals surface area (Å²) in [6.07, 6.45) is 0. The Labute approximate surface area is 94.4 Å². The first kappa shape index (κ1) is 12.1. The molecule has 1 aromatic carbocycles. The molecule has 82 valence electrons. The molecule has 0 saturated carbocycles. The maximum absolute atomic E-state index is 12.0. The van der Waals surface area contributed by atoms with E-state index in [1.807, 2.05) is 0 Å². The summed E-state index contributed by atoms with van der Waals surface area (Å²) in [4.78, 5) is 11.4. The summed E-state index contributed by atoms with van der Waals surface area (Å²) in [7, 11) is 0. The van der Waals surface area contributed by atoms with E-state index < -0.39 is 6.61 Å². The monoisotopic (exact) mass is 278 g/mol. The minimum absolute atomic E-state index is 0.0794. The maximum Gasteiger partial charge on any atom is 0.387 e. The third-order valence-corrected chi connectivity index (χ3v) is 2.28. The molecular weight excluding hydrogens is 270 g/mol. The molecule has 0 spiro atoms. The van der Waals surface area contributed by atoms with Crippen molar-refractivity contribution in [3.05, 3.63) is 29.3 Å². The smallest absolute Gasteiger partial charge is 0.387 e. The van der Waals surface area contributed by atoms with E-state index in [2.05, 4.69) is 20.7 Å². The zero-order valence-electron chi connectivity index (χ0n) is 7.97. The lowest BCUT2D eigenvalue weighted by molar-refractivity contribution is -0.0501. The van der Waals surface area contributed by atoms with Crippen molar-refractivity contribution < 1.29 is 18.3 Å². The highest BCUT2D eigenvalue weighted by molar-refractivity contribution is 9.09. The van der Waals surface area contributed by atoms with Gasteiger partial charge < -0.3 is 4.74 Å². The molecule has 0 N–H and O–H groups in total. The zero-order chi connectivity index (χ0) is 11.4. The lowest BCUT2D eigenvalue weighted by Gasteiger charge is -2.09. The molecule has 0 amide bonds. The Bertz CT molecular complexity index is 366. The van der Waals surface area contributed by atoms with Gasteiger partial charge in [-0.05, 0) is 19.1 Å². The molecule has 0 aliphatic rings. The van der Waals surface area contributed by atoms with E-state index in [-0.39, 0.29) is 22.4 Å². The highest BCUT2D eigenvalue weighted by atomic mass is 79.9. The number of Topliss-reactive ketones (excluding diaryl/α,β-unsaturated/α-hetero) is 1. The van der Waals surface area contributed by atoms with Crippen molar-refractivity contribution in [2.24, 2.45) is 0 Å². The average Bonchev–Trinajstić information content (AvgIpc) is 2.19. The van der Waals surface area contributed by atoms with Gasteiger partial charge in [-0.1, -0.05) is 27.6 Å². The van der Waals surface area contributed by atoms with Crippen LogP contribution in [0.3, 0.4) is 0 Å². The number of carbonyl (C=O) groups is 1. The number of ketones is 1. The Balaban J connectivity index is 3.08. The number of halogens is 3. The maximum atomic E-state index is 12.0. The van der Waals surface area contributed by atoms with Gasteiger partial charge >= 0.3 is 6.61 Å². The van der Waals surface area contributed by atoms with Crippen molar-refractivity contribution in [3.63, 3.8) is 0 Å². The van der Waals surface area contributed by atoms with E-state index in [0.29, 0.717) is 0 Å². The Morgan fingerprint density at radius 3 is 2.73 bits per heavy atom. The predicted octanol–water partition coefficient (Wildman–Crippen LogP) is 3.17. The van der Waals surface area contributed by atoms with Crippen molar-refractivity contribution >= 4 is 21.7 Å². The van der Waals surface area contributed by atoms with E-state index >= 15 is 0 Å². The predicted molar refractivity (Wildman–Crippen MR) is 55.9 cm³/mol. The minimum Gasteiger partial charge on any atom is -0.434 e. The van der Waals surface area contributed by atoms with Crippen LogP contribution in [0, 0.1) is 6.92 Å². The van der Waals surface area contributed by atoms with E-state index in [1.54, 1.807) is 13.0 Å². The number of rotatable bonds is 4. The van der Waals surface area contributed by atoms with Crippen LogP contribution >= 0.6 is 15.9 Å². The Hall–Kier alpha value is -0.970. The van der Waals surface area contributed by atoms with Crippen LogP contribution in [0.4, 0.5) is 8.78 Å². The molecule has 0 unspecified atom stereocenters. The van der Waals surface area contributed by atoms with Crippen LogP contribution < -0.4 is 4.74 Å². The van der Waals surface area contributed by atoms with Crippen LogP contribution in [-0.4, -0.2) is 17.7 Å². The molecule has 1 rings (SSSR count). The zero-order valence-corrected chi connectivity index (χ0v) is 9.55. The third-order valence-electron chi connectivity index (χ3n) is 1.77. The largest absolute Gasteiger partial charge is 0.434 e. The molecule has 0 aliphatic heterocycles. The van der Waals surface area contributed by atoms with Crippen molar-refractivity contribution in [2.75, 3.05) is 5.33 Å². The van der Waals surface area contributed by atoms with Crippen LogP contribution in [0.25, 0.3) is 0 Å². The SMILES string of the molecule is Cc1ccc(OC(F)F)c(C(=O)CBr)c1. The molecule has 0 radical (unpaired) electrons. The summed E-state index contributed by atoms with van der Waals surface area (Å²) < 4.78 is 28.3. The fourth-order valence-electron chi connectivity index (χ4n) is 1.13. The van der Waals surface area contributed by atoms with Gasteiger partial charge in [-0.2, -0.15) is 8.78 Å². The van der Waals surface area contributed by atoms with Crippen molar-refractivity contribution in [2.45, 2.75) is 13.5 Å². The normalized spacial score (nSPS) is 10.5. The highest BCUT2D eigenvalue weighted by Crippen LogP contribution is 2.23. The van der Waals surface area contributed by atoms with Crippen LogP contribution in [0.1, 0.15) is 15.9 Å². The van der Waals surface area contributed by atoms with Gasteiger partial charge in [0.25, 0.3) is 0 Å². The summed E-state index contributed by atoms with van der Waals surface area (Å²) in [6, 6.07) is 4.52. The van der Waals surface area contributed by atoms with Gasteiger partial charge in [0.15, 0.2) is 5.78 Å². The standard InChI is InChI=1S/C10H9BrF2O2/c1-6-2-3-9(15-10(12)13)7(4-6)8(14)5-11/h2-4,10H,5H2,1H3. The first-order valence-electron chi connectivity index (χ1n) is 4.19. The van der Waals surface area contributed by atoms with Gasteiger partial charge in [-0.15, -0.1) is 0 Å². The molecule has 15 heavy (non-hydrogen) atoms. The van der Waals surface area contributed by atoms with Crippen LogP contribution in [0.15, 0.2) is 18.2 Å². The van der Waals surface area contributed by atoms with E-state index in [1.165, 1.54) is 12.1 Å². The molecule has 0 aromatic heterocycles. The Morgan fingerprint density at radius 1 is 1.53 bits per heavy atom. The number of benzene rings is 1. The quantitative estimate of drug-likeness (QED) is 0.625. The summed E-state index contributed by atoms with van der Waals surface area (Å²) in [5.41, 5.74) is 0.994. The molecular formula is C10H9BrF2O2. The molecule has 0 bridgehead atoms. The van der Waals surface area contributed by atoms with Gasteiger partial charge in [0, 0.05) is 0 Å². The average molecular weight is 279 g/mol. The van der Waals surface area contributed by atoms with Gasteiger partial charge in [-0.25, -0.2) is 0 Å². The fourth-order valence-corrected chi connectivity index (χ4v) is 1.43. The van der Waals surface area contributed by atoms with Crippen LogP contribution in [0.2, 0.25) is 0 Å². The van der Waals surface area contributed by atoms with E-state index in [4.69, 9.17) is 0 Å². The lowest BCUT2D eigenvalue weighted by Crippen LogP contribution is -2.09. The molecule has 0 aliphatic carbocycles. The number of alkyl halides is 3. The number of hydrogen-bond donors (Lipinski definition) is 0. The molecule has 1 aromatic rings. The summed E-state index contributed by atoms with van der Waals surface area (Å²) in [5, 5.41) is 0.0794. The fraction of sp³-hybridized carbons (Fsp3) is 0.300. The topological polar surface area (TPSA) is 26.3 Å². The number of carbonyl (C=O) groups excluding carboxylic acids is 1.